The van der Waals surface area contributed by atoms with E-state index in [2.05, 4.69) is 0 Å². The van der Waals surface area contributed by atoms with Crippen LogP contribution in [0.4, 0.5) is 0 Å². The third-order valence-electron chi connectivity index (χ3n) is 2.99. The summed E-state index contributed by atoms with van der Waals surface area (Å²) in [6.07, 6.45) is -0.885. The molecule has 1 aliphatic heterocycles. The molecule has 108 valence electrons. The molecular weight excluding hydrogens is 264 g/mol. The van der Waals surface area contributed by atoms with Crippen LogP contribution in [0.2, 0.25) is 0 Å². The molecule has 0 bridgehead atoms. The zero-order valence-electron chi connectivity index (χ0n) is 11.8. The molecule has 1 heterocycles. The number of rotatable bonds is 5. The van der Waals surface area contributed by atoms with Gasteiger partial charge in [0.2, 0.25) is 6.10 Å². The van der Waals surface area contributed by atoms with Crippen molar-refractivity contribution in [1.82, 2.24) is 0 Å². The largest absolute Gasteiger partial charge is 0.496 e. The first kappa shape index (κ1) is 14.2. The van der Waals surface area contributed by atoms with Crippen molar-refractivity contribution < 1.29 is 28.5 Å². The quantitative estimate of drug-likeness (QED) is 0.763. The molecule has 0 fully saturated rings. The Morgan fingerprint density at radius 3 is 2.05 bits per heavy atom. The number of carbonyl (C=O) groups excluding carboxylic acids is 1. The summed E-state index contributed by atoms with van der Waals surface area (Å²) >= 11 is 0. The van der Waals surface area contributed by atoms with Gasteiger partial charge >= 0.3 is 5.97 Å². The zero-order valence-corrected chi connectivity index (χ0v) is 11.8. The summed E-state index contributed by atoms with van der Waals surface area (Å²) < 4.78 is 26.2. The van der Waals surface area contributed by atoms with Crippen LogP contribution in [0.25, 0.3) is 5.76 Å². The molecule has 0 spiro atoms. The summed E-state index contributed by atoms with van der Waals surface area (Å²) in [7, 11) is 5.91. The van der Waals surface area contributed by atoms with Crippen LogP contribution in [0.15, 0.2) is 24.0 Å². The summed E-state index contributed by atoms with van der Waals surface area (Å²) in [5.41, 5.74) is 0.516. The summed E-state index contributed by atoms with van der Waals surface area (Å²) in [4.78, 5) is 11.8. The topological polar surface area (TPSA) is 63.2 Å². The van der Waals surface area contributed by atoms with Crippen LogP contribution in [0.1, 0.15) is 5.56 Å². The van der Waals surface area contributed by atoms with Crippen molar-refractivity contribution in [2.45, 2.75) is 6.10 Å². The van der Waals surface area contributed by atoms with E-state index in [0.717, 1.165) is 0 Å². The van der Waals surface area contributed by atoms with E-state index in [0.29, 0.717) is 22.8 Å². The summed E-state index contributed by atoms with van der Waals surface area (Å²) in [6.45, 7) is 0. The van der Waals surface area contributed by atoms with Crippen LogP contribution in [-0.2, 0) is 19.0 Å². The lowest BCUT2D eigenvalue weighted by molar-refractivity contribution is -0.143. The SMILES string of the molecule is COC1=C(c2c(OC)cccc2OC)OC(=O)C1OC. The maximum atomic E-state index is 11.8. The van der Waals surface area contributed by atoms with Gasteiger partial charge in [-0.1, -0.05) is 6.07 Å². The first-order chi connectivity index (χ1) is 9.67. The normalized spacial score (nSPS) is 18.0. The average Bonchev–Trinajstić information content (AvgIpc) is 2.81. The van der Waals surface area contributed by atoms with Crippen LogP contribution in [0.5, 0.6) is 11.5 Å². The molecule has 0 saturated carbocycles. The molecule has 1 aliphatic rings. The fourth-order valence-corrected chi connectivity index (χ4v) is 2.08. The Morgan fingerprint density at radius 2 is 1.60 bits per heavy atom. The molecule has 0 radical (unpaired) electrons. The van der Waals surface area contributed by atoms with Gasteiger partial charge in [-0.25, -0.2) is 4.79 Å². The highest BCUT2D eigenvalue weighted by Gasteiger charge is 2.40. The van der Waals surface area contributed by atoms with Gasteiger partial charge in [-0.3, -0.25) is 0 Å². The molecule has 1 aromatic rings. The van der Waals surface area contributed by atoms with Crippen LogP contribution in [-0.4, -0.2) is 40.5 Å². The fourth-order valence-electron chi connectivity index (χ4n) is 2.08. The van der Waals surface area contributed by atoms with Gasteiger partial charge in [0.15, 0.2) is 11.5 Å². The van der Waals surface area contributed by atoms with Crippen molar-refractivity contribution in [3.63, 3.8) is 0 Å². The van der Waals surface area contributed by atoms with Crippen molar-refractivity contribution >= 4 is 11.7 Å². The van der Waals surface area contributed by atoms with Gasteiger partial charge < -0.3 is 23.7 Å². The molecule has 0 aliphatic carbocycles. The smallest absolute Gasteiger partial charge is 0.348 e. The monoisotopic (exact) mass is 280 g/mol. The van der Waals surface area contributed by atoms with E-state index in [4.69, 9.17) is 23.7 Å². The molecule has 0 amide bonds. The number of hydrogen-bond acceptors (Lipinski definition) is 6. The van der Waals surface area contributed by atoms with E-state index in [-0.39, 0.29) is 5.76 Å². The van der Waals surface area contributed by atoms with Crippen molar-refractivity contribution in [1.29, 1.82) is 0 Å². The summed E-state index contributed by atoms with van der Waals surface area (Å²) in [5.74, 6) is 1.03. The minimum atomic E-state index is -0.885. The predicted molar refractivity (Wildman–Crippen MR) is 70.4 cm³/mol. The number of cyclic esters (lactones) is 1. The van der Waals surface area contributed by atoms with Gasteiger partial charge in [0.25, 0.3) is 0 Å². The number of carbonyl (C=O) groups is 1. The second-order valence-corrected chi connectivity index (χ2v) is 3.97. The number of esters is 1. The first-order valence-corrected chi connectivity index (χ1v) is 5.91. The molecule has 6 nitrogen and oxygen atoms in total. The number of methoxy groups -OCH3 is 4. The van der Waals surface area contributed by atoms with E-state index >= 15 is 0 Å². The minimum absolute atomic E-state index is 0.249. The Morgan fingerprint density at radius 1 is 1.00 bits per heavy atom. The van der Waals surface area contributed by atoms with Crippen LogP contribution in [0.3, 0.4) is 0 Å². The Labute approximate surface area is 116 Å². The molecule has 1 unspecified atom stereocenters. The highest BCUT2D eigenvalue weighted by Crippen LogP contribution is 2.41. The molecule has 6 heteroatoms. The maximum Gasteiger partial charge on any atom is 0.348 e. The minimum Gasteiger partial charge on any atom is -0.496 e. The van der Waals surface area contributed by atoms with E-state index in [9.17, 15) is 4.79 Å². The van der Waals surface area contributed by atoms with Crippen LogP contribution < -0.4 is 9.47 Å². The highest BCUT2D eigenvalue weighted by molar-refractivity contribution is 5.93. The van der Waals surface area contributed by atoms with Crippen molar-refractivity contribution in [3.8, 4) is 11.5 Å². The number of benzene rings is 1. The number of hydrogen-bond donors (Lipinski definition) is 0. The summed E-state index contributed by atoms with van der Waals surface area (Å²) in [5, 5.41) is 0. The molecule has 2 rings (SSSR count). The highest BCUT2D eigenvalue weighted by atomic mass is 16.6. The first-order valence-electron chi connectivity index (χ1n) is 5.91. The maximum absolute atomic E-state index is 11.8. The zero-order chi connectivity index (χ0) is 14.7. The predicted octanol–water partition coefficient (Wildman–Crippen LogP) is 1.59. The van der Waals surface area contributed by atoms with Crippen molar-refractivity contribution in [3.05, 3.63) is 29.5 Å². The Hall–Kier alpha value is -2.21. The lowest BCUT2D eigenvalue weighted by Gasteiger charge is -2.13. The van der Waals surface area contributed by atoms with Gasteiger partial charge in [0.1, 0.15) is 17.1 Å². The lowest BCUT2D eigenvalue weighted by atomic mass is 10.1. The van der Waals surface area contributed by atoms with Gasteiger partial charge in [0.05, 0.1) is 21.3 Å². The molecule has 1 aromatic carbocycles. The second-order valence-electron chi connectivity index (χ2n) is 3.97. The fraction of sp³-hybridized carbons (Fsp3) is 0.357. The number of ether oxygens (including phenoxy) is 5. The Bertz CT molecular complexity index is 526. The van der Waals surface area contributed by atoms with E-state index < -0.39 is 12.1 Å². The average molecular weight is 280 g/mol. The van der Waals surface area contributed by atoms with Gasteiger partial charge in [-0.15, -0.1) is 0 Å². The van der Waals surface area contributed by atoms with E-state index in [1.165, 1.54) is 28.4 Å². The van der Waals surface area contributed by atoms with Gasteiger partial charge in [-0.2, -0.15) is 0 Å². The molecule has 0 saturated heterocycles. The third kappa shape index (κ3) is 2.18. The van der Waals surface area contributed by atoms with Gasteiger partial charge in [0, 0.05) is 7.11 Å². The van der Waals surface area contributed by atoms with Crippen LogP contribution in [0, 0.1) is 0 Å². The third-order valence-corrected chi connectivity index (χ3v) is 2.99. The van der Waals surface area contributed by atoms with Crippen LogP contribution >= 0.6 is 0 Å². The molecule has 0 N–H and O–H groups in total. The summed E-state index contributed by atoms with van der Waals surface area (Å²) in [6, 6.07) is 5.26. The van der Waals surface area contributed by atoms with Crippen molar-refractivity contribution in [2.75, 3.05) is 28.4 Å². The molecule has 0 aromatic heterocycles. The standard InChI is InChI=1S/C14H16O6/c1-16-8-6-5-7-9(17-2)10(8)11-12(18-3)13(19-4)14(15)20-11/h5-7,13H,1-4H3. The molecular formula is C14H16O6. The Balaban J connectivity index is 2.63. The molecule has 20 heavy (non-hydrogen) atoms. The van der Waals surface area contributed by atoms with Crippen molar-refractivity contribution in [2.24, 2.45) is 0 Å². The van der Waals surface area contributed by atoms with E-state index in [1.807, 2.05) is 0 Å². The van der Waals surface area contributed by atoms with E-state index in [1.54, 1.807) is 18.2 Å². The molecule has 1 atom stereocenters. The lowest BCUT2D eigenvalue weighted by Crippen LogP contribution is -2.21. The van der Waals surface area contributed by atoms with Gasteiger partial charge in [-0.05, 0) is 12.1 Å². The second kappa shape index (κ2) is 5.83. The Kier molecular flexibility index (Phi) is 4.14.